The van der Waals surface area contributed by atoms with Crippen LogP contribution in [0.25, 0.3) is 17.0 Å². The molecule has 0 aliphatic heterocycles. The van der Waals surface area contributed by atoms with E-state index in [9.17, 15) is 4.79 Å². The fraction of sp³-hybridized carbons (Fsp3) is 0.368. The fourth-order valence-electron chi connectivity index (χ4n) is 3.05. The molecule has 0 unspecified atom stereocenters. The van der Waals surface area contributed by atoms with Crippen molar-refractivity contribution in [2.24, 2.45) is 5.92 Å². The largest absolute Gasteiger partial charge is 0.349 e. The second kappa shape index (κ2) is 6.27. The van der Waals surface area contributed by atoms with Crippen molar-refractivity contribution in [2.75, 3.05) is 0 Å². The molecule has 0 aromatic carbocycles. The molecule has 1 aliphatic rings. The quantitative estimate of drug-likeness (QED) is 0.778. The van der Waals surface area contributed by atoms with E-state index in [2.05, 4.69) is 27.3 Å². The number of fused-ring (bicyclic) bond motifs is 1. The van der Waals surface area contributed by atoms with Crippen LogP contribution in [0.15, 0.2) is 36.7 Å². The minimum absolute atomic E-state index is 0.109. The predicted octanol–water partition coefficient (Wildman–Crippen LogP) is 2.88. The minimum Gasteiger partial charge on any atom is -0.349 e. The number of amides is 1. The highest BCUT2D eigenvalue weighted by atomic mass is 16.1. The SMILES string of the molecule is CCc1cc(-c2ccccn2)n2ncc(C(=O)N[C@@H](C)C3CC3)c2n1. The summed E-state index contributed by atoms with van der Waals surface area (Å²) in [6.07, 6.45) is 6.52. The average Bonchev–Trinajstić information content (AvgIpc) is 3.41. The maximum atomic E-state index is 12.7. The van der Waals surface area contributed by atoms with Crippen molar-refractivity contribution in [2.45, 2.75) is 39.2 Å². The molecule has 1 amide bonds. The maximum Gasteiger partial charge on any atom is 0.256 e. The van der Waals surface area contributed by atoms with Gasteiger partial charge in [0.1, 0.15) is 5.56 Å². The third-order valence-electron chi connectivity index (χ3n) is 4.75. The van der Waals surface area contributed by atoms with E-state index in [1.165, 1.54) is 12.8 Å². The molecule has 0 saturated heterocycles. The summed E-state index contributed by atoms with van der Waals surface area (Å²) in [5, 5.41) is 7.50. The number of pyridine rings is 1. The van der Waals surface area contributed by atoms with E-state index in [1.54, 1.807) is 16.9 Å². The zero-order valence-corrected chi connectivity index (χ0v) is 14.4. The van der Waals surface area contributed by atoms with E-state index in [0.29, 0.717) is 17.1 Å². The van der Waals surface area contributed by atoms with Crippen LogP contribution >= 0.6 is 0 Å². The molecule has 6 heteroatoms. The van der Waals surface area contributed by atoms with Gasteiger partial charge in [0, 0.05) is 17.9 Å². The van der Waals surface area contributed by atoms with Crippen LogP contribution in [0, 0.1) is 5.92 Å². The number of aryl methyl sites for hydroxylation is 1. The first kappa shape index (κ1) is 15.7. The van der Waals surface area contributed by atoms with E-state index in [4.69, 9.17) is 0 Å². The standard InChI is InChI=1S/C19H21N5O/c1-3-14-10-17(16-6-4-5-9-20-16)24-18(23-14)15(11-21-24)19(25)22-12(2)13-7-8-13/h4-6,9-13H,3,7-8H2,1-2H3,(H,22,25)/t12-/m0/s1. The van der Waals surface area contributed by atoms with Crippen molar-refractivity contribution >= 4 is 11.6 Å². The fourth-order valence-corrected chi connectivity index (χ4v) is 3.05. The van der Waals surface area contributed by atoms with Crippen molar-refractivity contribution in [1.29, 1.82) is 0 Å². The zero-order valence-electron chi connectivity index (χ0n) is 14.4. The molecular formula is C19H21N5O. The third kappa shape index (κ3) is 2.99. The van der Waals surface area contributed by atoms with Gasteiger partial charge in [-0.25, -0.2) is 9.50 Å². The lowest BCUT2D eigenvalue weighted by atomic mass is 10.2. The van der Waals surface area contributed by atoms with Gasteiger partial charge in [-0.05, 0) is 50.3 Å². The summed E-state index contributed by atoms with van der Waals surface area (Å²) in [6, 6.07) is 7.92. The first-order valence-corrected chi connectivity index (χ1v) is 8.77. The van der Waals surface area contributed by atoms with Gasteiger partial charge in [0.25, 0.3) is 5.91 Å². The van der Waals surface area contributed by atoms with E-state index in [1.807, 2.05) is 31.2 Å². The molecule has 1 saturated carbocycles. The number of nitrogens with zero attached hydrogens (tertiary/aromatic N) is 4. The lowest BCUT2D eigenvalue weighted by molar-refractivity contribution is 0.0937. The van der Waals surface area contributed by atoms with Crippen LogP contribution in [0.5, 0.6) is 0 Å². The van der Waals surface area contributed by atoms with Crippen LogP contribution in [0.3, 0.4) is 0 Å². The van der Waals surface area contributed by atoms with Gasteiger partial charge in [-0.1, -0.05) is 13.0 Å². The number of carbonyl (C=O) groups excluding carboxylic acids is 1. The van der Waals surface area contributed by atoms with Crippen molar-refractivity contribution < 1.29 is 4.79 Å². The van der Waals surface area contributed by atoms with Gasteiger partial charge in [-0.3, -0.25) is 9.78 Å². The van der Waals surface area contributed by atoms with E-state index < -0.39 is 0 Å². The summed E-state index contributed by atoms with van der Waals surface area (Å²) in [5.41, 5.74) is 3.67. The summed E-state index contributed by atoms with van der Waals surface area (Å²) in [4.78, 5) is 21.7. The predicted molar refractivity (Wildman–Crippen MR) is 95.2 cm³/mol. The van der Waals surface area contributed by atoms with Crippen LogP contribution in [0.2, 0.25) is 0 Å². The summed E-state index contributed by atoms with van der Waals surface area (Å²) < 4.78 is 1.71. The van der Waals surface area contributed by atoms with Crippen molar-refractivity contribution in [3.05, 3.63) is 47.9 Å². The Kier molecular flexibility index (Phi) is 3.95. The van der Waals surface area contributed by atoms with Gasteiger partial charge in [-0.2, -0.15) is 5.10 Å². The van der Waals surface area contributed by atoms with Gasteiger partial charge in [0.15, 0.2) is 5.65 Å². The van der Waals surface area contributed by atoms with Gasteiger partial charge < -0.3 is 5.32 Å². The zero-order chi connectivity index (χ0) is 17.4. The van der Waals surface area contributed by atoms with E-state index >= 15 is 0 Å². The normalized spacial score (nSPS) is 15.3. The topological polar surface area (TPSA) is 72.2 Å². The van der Waals surface area contributed by atoms with E-state index in [0.717, 1.165) is 23.5 Å². The van der Waals surface area contributed by atoms with Crippen LogP contribution in [0.4, 0.5) is 0 Å². The second-order valence-electron chi connectivity index (χ2n) is 6.59. The Bertz CT molecular complexity index is 914. The molecule has 6 nitrogen and oxygen atoms in total. The van der Waals surface area contributed by atoms with Gasteiger partial charge in [0.05, 0.1) is 17.6 Å². The Morgan fingerprint density at radius 3 is 2.92 bits per heavy atom. The smallest absolute Gasteiger partial charge is 0.256 e. The Hall–Kier alpha value is -2.76. The summed E-state index contributed by atoms with van der Waals surface area (Å²) >= 11 is 0. The van der Waals surface area contributed by atoms with Crippen LogP contribution in [-0.2, 0) is 6.42 Å². The van der Waals surface area contributed by atoms with Crippen LogP contribution < -0.4 is 5.32 Å². The highest BCUT2D eigenvalue weighted by Gasteiger charge is 2.30. The van der Waals surface area contributed by atoms with Crippen molar-refractivity contribution in [3.63, 3.8) is 0 Å². The van der Waals surface area contributed by atoms with Crippen LogP contribution in [-0.4, -0.2) is 31.5 Å². The van der Waals surface area contributed by atoms with Crippen molar-refractivity contribution in [1.82, 2.24) is 24.9 Å². The lowest BCUT2D eigenvalue weighted by Crippen LogP contribution is -2.34. The maximum absolute atomic E-state index is 12.7. The Morgan fingerprint density at radius 1 is 1.40 bits per heavy atom. The number of aromatic nitrogens is 4. The third-order valence-corrected chi connectivity index (χ3v) is 4.75. The lowest BCUT2D eigenvalue weighted by Gasteiger charge is -2.12. The number of nitrogens with one attached hydrogen (secondary N) is 1. The Morgan fingerprint density at radius 2 is 2.24 bits per heavy atom. The number of rotatable bonds is 5. The molecule has 1 aliphatic carbocycles. The molecule has 25 heavy (non-hydrogen) atoms. The Balaban J connectivity index is 1.78. The molecule has 0 bridgehead atoms. The molecular weight excluding hydrogens is 314 g/mol. The average molecular weight is 335 g/mol. The summed E-state index contributed by atoms with van der Waals surface area (Å²) in [7, 11) is 0. The molecule has 0 spiro atoms. The van der Waals surface area contributed by atoms with E-state index in [-0.39, 0.29) is 11.9 Å². The molecule has 4 rings (SSSR count). The molecule has 1 N–H and O–H groups in total. The first-order chi connectivity index (χ1) is 12.2. The highest BCUT2D eigenvalue weighted by molar-refractivity contribution is 6.00. The number of hydrogen-bond donors (Lipinski definition) is 1. The minimum atomic E-state index is -0.109. The van der Waals surface area contributed by atoms with Crippen molar-refractivity contribution in [3.8, 4) is 11.4 Å². The van der Waals surface area contributed by atoms with Gasteiger partial charge in [0.2, 0.25) is 0 Å². The molecule has 3 aromatic heterocycles. The molecule has 3 heterocycles. The number of carbonyl (C=O) groups is 1. The summed E-state index contributed by atoms with van der Waals surface area (Å²) in [5.74, 6) is 0.496. The molecule has 3 aromatic rings. The highest BCUT2D eigenvalue weighted by Crippen LogP contribution is 2.32. The molecule has 1 atom stereocenters. The molecule has 0 radical (unpaired) electrons. The Labute approximate surface area is 146 Å². The van der Waals surface area contributed by atoms with Gasteiger partial charge >= 0.3 is 0 Å². The second-order valence-corrected chi connectivity index (χ2v) is 6.59. The molecule has 1 fully saturated rings. The number of hydrogen-bond acceptors (Lipinski definition) is 4. The first-order valence-electron chi connectivity index (χ1n) is 8.77. The summed E-state index contributed by atoms with van der Waals surface area (Å²) in [6.45, 7) is 4.11. The van der Waals surface area contributed by atoms with Crippen LogP contribution in [0.1, 0.15) is 42.7 Å². The monoisotopic (exact) mass is 335 g/mol. The molecule has 128 valence electrons. The van der Waals surface area contributed by atoms with Gasteiger partial charge in [-0.15, -0.1) is 0 Å².